The first-order valence-electron chi connectivity index (χ1n) is 7.46. The second-order valence-electron chi connectivity index (χ2n) is 5.83. The van der Waals surface area contributed by atoms with E-state index in [0.29, 0.717) is 0 Å². The fourth-order valence-corrected chi connectivity index (χ4v) is 4.73. The van der Waals surface area contributed by atoms with Crippen LogP contribution in [0.5, 0.6) is 0 Å². The molecule has 0 saturated carbocycles. The number of rotatable bonds is 3. The second-order valence-corrected chi connectivity index (χ2v) is 7.23. The minimum Gasteiger partial charge on any atom is -0.468 e. The van der Waals surface area contributed by atoms with Crippen molar-refractivity contribution in [3.63, 3.8) is 0 Å². The van der Waals surface area contributed by atoms with Gasteiger partial charge in [-0.05, 0) is 24.9 Å². The lowest BCUT2D eigenvalue weighted by molar-refractivity contribution is -0.142. The van der Waals surface area contributed by atoms with Crippen molar-refractivity contribution in [2.24, 2.45) is 0 Å². The lowest BCUT2D eigenvalue weighted by atomic mass is 10.0. The zero-order chi connectivity index (χ0) is 14.7. The minimum absolute atomic E-state index is 0. The first-order valence-corrected chi connectivity index (χ1v) is 8.45. The Labute approximate surface area is 142 Å². The molecule has 122 valence electrons. The molecule has 1 N–H and O–H groups in total. The summed E-state index contributed by atoms with van der Waals surface area (Å²) in [5, 5.41) is 3.52. The van der Waals surface area contributed by atoms with E-state index < -0.39 is 0 Å². The summed E-state index contributed by atoms with van der Waals surface area (Å²) in [6, 6.07) is 10.4. The van der Waals surface area contributed by atoms with Gasteiger partial charge in [-0.15, -0.1) is 24.2 Å². The van der Waals surface area contributed by atoms with Gasteiger partial charge in [-0.2, -0.15) is 0 Å². The molecule has 2 saturated heterocycles. The zero-order valence-corrected chi connectivity index (χ0v) is 14.4. The number of benzene rings is 1. The molecule has 6 heteroatoms. The van der Waals surface area contributed by atoms with Gasteiger partial charge in [0, 0.05) is 18.8 Å². The Kier molecular flexibility index (Phi) is 6.15. The molecule has 2 aliphatic rings. The van der Waals surface area contributed by atoms with Crippen molar-refractivity contribution in [1.29, 1.82) is 0 Å². The average molecular weight is 343 g/mol. The molecule has 3 rings (SSSR count). The summed E-state index contributed by atoms with van der Waals surface area (Å²) < 4.78 is 4.86. The Bertz CT molecular complexity index is 502. The maximum Gasteiger partial charge on any atom is 0.323 e. The van der Waals surface area contributed by atoms with Crippen LogP contribution in [-0.4, -0.2) is 47.7 Å². The molecule has 2 aliphatic heterocycles. The third-order valence-corrected chi connectivity index (χ3v) is 5.74. The number of hydrogen-bond donors (Lipinski definition) is 1. The maximum atomic E-state index is 11.7. The van der Waals surface area contributed by atoms with Crippen molar-refractivity contribution in [2.45, 2.75) is 30.3 Å². The standard InChI is InChI=1S/C16H22N2O2S.ClH/c1-20-15(19)14-11-21-16(17-14)8-5-9-18(12-16)10-13-6-3-2-4-7-13;/h2-4,6-7,14,17H,5,8-12H2,1H3;1H. The maximum absolute atomic E-state index is 11.7. The van der Waals surface area contributed by atoms with E-state index >= 15 is 0 Å². The summed E-state index contributed by atoms with van der Waals surface area (Å²) in [5.74, 6) is 0.672. The van der Waals surface area contributed by atoms with Gasteiger partial charge in [-0.1, -0.05) is 30.3 Å². The summed E-state index contributed by atoms with van der Waals surface area (Å²) in [5.41, 5.74) is 1.35. The van der Waals surface area contributed by atoms with Crippen LogP contribution in [0.1, 0.15) is 18.4 Å². The van der Waals surface area contributed by atoms with Crippen LogP contribution in [0.25, 0.3) is 0 Å². The van der Waals surface area contributed by atoms with Gasteiger partial charge in [-0.3, -0.25) is 15.0 Å². The van der Waals surface area contributed by atoms with Crippen LogP contribution < -0.4 is 5.32 Å². The number of esters is 1. The van der Waals surface area contributed by atoms with Crippen LogP contribution >= 0.6 is 24.2 Å². The number of carbonyl (C=O) groups excluding carboxylic acids is 1. The number of methoxy groups -OCH3 is 1. The lowest BCUT2D eigenvalue weighted by Gasteiger charge is -2.40. The lowest BCUT2D eigenvalue weighted by Crippen LogP contribution is -2.54. The van der Waals surface area contributed by atoms with Gasteiger partial charge < -0.3 is 4.74 Å². The highest BCUT2D eigenvalue weighted by atomic mass is 35.5. The number of hydrogen-bond acceptors (Lipinski definition) is 5. The van der Waals surface area contributed by atoms with Gasteiger partial charge in [0.05, 0.1) is 12.0 Å². The third-order valence-electron chi connectivity index (χ3n) is 4.23. The molecule has 0 amide bonds. The van der Waals surface area contributed by atoms with Crippen molar-refractivity contribution >= 4 is 30.1 Å². The molecule has 0 aromatic heterocycles. The van der Waals surface area contributed by atoms with Crippen LogP contribution in [0.4, 0.5) is 0 Å². The number of likely N-dealkylation sites (tertiary alicyclic amines) is 1. The Hall–Kier alpha value is -0.750. The molecule has 1 spiro atoms. The molecule has 1 aromatic carbocycles. The molecule has 0 aliphatic carbocycles. The van der Waals surface area contributed by atoms with Gasteiger partial charge in [0.1, 0.15) is 6.04 Å². The molecule has 4 nitrogen and oxygen atoms in total. The summed E-state index contributed by atoms with van der Waals surface area (Å²) >= 11 is 1.88. The van der Waals surface area contributed by atoms with Crippen LogP contribution in [0, 0.1) is 0 Å². The van der Waals surface area contributed by atoms with Gasteiger partial charge in [0.25, 0.3) is 0 Å². The molecule has 0 bridgehead atoms. The minimum atomic E-state index is -0.156. The number of ether oxygens (including phenoxy) is 1. The van der Waals surface area contributed by atoms with E-state index in [4.69, 9.17) is 4.74 Å². The van der Waals surface area contributed by atoms with Crippen LogP contribution in [0.3, 0.4) is 0 Å². The Balaban J connectivity index is 0.00000176. The predicted molar refractivity (Wildman–Crippen MR) is 92.3 cm³/mol. The monoisotopic (exact) mass is 342 g/mol. The van der Waals surface area contributed by atoms with Crippen molar-refractivity contribution in [2.75, 3.05) is 26.0 Å². The fraction of sp³-hybridized carbons (Fsp3) is 0.562. The van der Waals surface area contributed by atoms with Crippen LogP contribution in [0.2, 0.25) is 0 Å². The average Bonchev–Trinajstić information content (AvgIpc) is 2.91. The van der Waals surface area contributed by atoms with Gasteiger partial charge in [0.2, 0.25) is 0 Å². The van der Waals surface area contributed by atoms with Crippen molar-refractivity contribution in [3.8, 4) is 0 Å². The molecule has 2 heterocycles. The first-order chi connectivity index (χ1) is 10.2. The van der Waals surface area contributed by atoms with Crippen LogP contribution in [0.15, 0.2) is 30.3 Å². The molecule has 2 fully saturated rings. The molecule has 2 unspecified atom stereocenters. The molecule has 0 radical (unpaired) electrons. The quantitative estimate of drug-likeness (QED) is 0.853. The summed E-state index contributed by atoms with van der Waals surface area (Å²) in [4.78, 5) is 14.2. The van der Waals surface area contributed by atoms with Crippen molar-refractivity contribution in [1.82, 2.24) is 10.2 Å². The highest BCUT2D eigenvalue weighted by Crippen LogP contribution is 2.38. The Morgan fingerprint density at radius 2 is 2.23 bits per heavy atom. The van der Waals surface area contributed by atoms with E-state index in [0.717, 1.165) is 31.8 Å². The van der Waals surface area contributed by atoms with Gasteiger partial charge in [-0.25, -0.2) is 0 Å². The summed E-state index contributed by atoms with van der Waals surface area (Å²) in [6.07, 6.45) is 2.29. The fourth-order valence-electron chi connectivity index (χ4n) is 3.23. The summed E-state index contributed by atoms with van der Waals surface area (Å²) in [6.45, 7) is 3.09. The van der Waals surface area contributed by atoms with Crippen LogP contribution in [-0.2, 0) is 16.1 Å². The van der Waals surface area contributed by atoms with E-state index in [9.17, 15) is 4.79 Å². The topological polar surface area (TPSA) is 41.6 Å². The number of carbonyl (C=O) groups is 1. The van der Waals surface area contributed by atoms with E-state index in [1.807, 2.05) is 11.8 Å². The smallest absolute Gasteiger partial charge is 0.323 e. The van der Waals surface area contributed by atoms with Gasteiger partial charge >= 0.3 is 5.97 Å². The zero-order valence-electron chi connectivity index (χ0n) is 12.8. The number of nitrogens with zero attached hydrogens (tertiary/aromatic N) is 1. The van der Waals surface area contributed by atoms with E-state index in [2.05, 4.69) is 40.5 Å². The molecule has 2 atom stereocenters. The predicted octanol–water partition coefficient (Wildman–Crippen LogP) is 2.28. The number of piperidine rings is 1. The summed E-state index contributed by atoms with van der Waals surface area (Å²) in [7, 11) is 1.46. The van der Waals surface area contributed by atoms with Crippen molar-refractivity contribution < 1.29 is 9.53 Å². The Morgan fingerprint density at radius 1 is 1.45 bits per heavy atom. The van der Waals surface area contributed by atoms with E-state index in [1.54, 1.807) is 0 Å². The first kappa shape index (κ1) is 17.6. The molecule has 1 aromatic rings. The highest BCUT2D eigenvalue weighted by Gasteiger charge is 2.44. The number of thioether (sulfide) groups is 1. The SMILES string of the molecule is COC(=O)C1CSC2(CCCN(Cc3ccccc3)C2)N1.Cl. The molecule has 22 heavy (non-hydrogen) atoms. The van der Waals surface area contributed by atoms with Crippen molar-refractivity contribution in [3.05, 3.63) is 35.9 Å². The molecular formula is C16H23ClN2O2S. The Morgan fingerprint density at radius 3 is 2.95 bits per heavy atom. The van der Waals surface area contributed by atoms with E-state index in [-0.39, 0.29) is 29.3 Å². The van der Waals surface area contributed by atoms with E-state index in [1.165, 1.54) is 19.1 Å². The number of nitrogens with one attached hydrogen (secondary N) is 1. The highest BCUT2D eigenvalue weighted by molar-refractivity contribution is 8.01. The third kappa shape index (κ3) is 3.96. The van der Waals surface area contributed by atoms with Gasteiger partial charge in [0.15, 0.2) is 0 Å². The largest absolute Gasteiger partial charge is 0.468 e. The second kappa shape index (κ2) is 7.68. The molecular weight excluding hydrogens is 320 g/mol. The normalized spacial score (nSPS) is 28.3. The number of halogens is 1.